The third-order valence-corrected chi connectivity index (χ3v) is 8.88. The number of rotatable bonds is 10. The van der Waals surface area contributed by atoms with Crippen LogP contribution >= 0.6 is 23.1 Å². The molecule has 0 saturated carbocycles. The fourth-order valence-corrected chi connectivity index (χ4v) is 6.12. The lowest BCUT2D eigenvalue weighted by atomic mass is 9.69. The third-order valence-electron chi connectivity index (χ3n) is 6.79. The Morgan fingerprint density at radius 3 is 2.53 bits per heavy atom. The summed E-state index contributed by atoms with van der Waals surface area (Å²) in [4.78, 5) is 37.8. The van der Waals surface area contributed by atoms with Gasteiger partial charge in [0.15, 0.2) is 0 Å². The maximum absolute atomic E-state index is 13.3. The molecule has 1 atom stereocenters. The number of amides is 2. The maximum Gasteiger partial charge on any atom is 0.313 e. The van der Waals surface area contributed by atoms with Crippen LogP contribution in [0.25, 0.3) is 0 Å². The molecule has 0 fully saturated rings. The third kappa shape index (κ3) is 6.63. The van der Waals surface area contributed by atoms with Gasteiger partial charge in [0.05, 0.1) is 17.1 Å². The zero-order valence-electron chi connectivity index (χ0n) is 20.3. The minimum absolute atomic E-state index is 0.0325. The minimum atomic E-state index is -0.954. The molecular weight excluding hydrogens is 468 g/mol. The summed E-state index contributed by atoms with van der Waals surface area (Å²) in [5, 5.41) is 15.3. The van der Waals surface area contributed by atoms with Gasteiger partial charge in [0.1, 0.15) is 5.00 Å². The second-order valence-electron chi connectivity index (χ2n) is 9.59. The molecule has 1 aliphatic rings. The van der Waals surface area contributed by atoms with Crippen LogP contribution in [0.15, 0.2) is 24.3 Å². The molecule has 1 aliphatic carbocycles. The largest absolute Gasteiger partial charge is 0.481 e. The monoisotopic (exact) mass is 502 g/mol. The van der Waals surface area contributed by atoms with Gasteiger partial charge in [0, 0.05) is 11.4 Å². The standard InChI is InChI=1S/C26H34N2O4S2/c1-5-26(3,4)18-10-11-19-20(12-18)34-25(28-21(29)14-33-15-22(30)31)23(19)24(32)27-13-17-8-6-16(2)7-9-17/h6-9,18H,5,10-15H2,1-4H3,(H,27,32)(H,28,29)(H,30,31)/t18-/m1/s1. The van der Waals surface area contributed by atoms with Gasteiger partial charge in [-0.3, -0.25) is 14.4 Å². The molecule has 0 bridgehead atoms. The van der Waals surface area contributed by atoms with E-state index in [0.717, 1.165) is 54.1 Å². The molecule has 0 saturated heterocycles. The van der Waals surface area contributed by atoms with E-state index in [0.29, 0.717) is 23.0 Å². The first kappa shape index (κ1) is 26.3. The number of hydrogen-bond donors (Lipinski definition) is 3. The summed E-state index contributed by atoms with van der Waals surface area (Å²) in [7, 11) is 0. The zero-order valence-corrected chi connectivity index (χ0v) is 22.0. The van der Waals surface area contributed by atoms with Crippen molar-refractivity contribution in [3.05, 3.63) is 51.4 Å². The number of benzene rings is 1. The van der Waals surface area contributed by atoms with Gasteiger partial charge in [-0.05, 0) is 48.6 Å². The van der Waals surface area contributed by atoms with Crippen LogP contribution in [0.1, 0.15) is 65.5 Å². The van der Waals surface area contributed by atoms with Crippen molar-refractivity contribution in [3.8, 4) is 0 Å². The average molecular weight is 503 g/mol. The van der Waals surface area contributed by atoms with E-state index in [-0.39, 0.29) is 28.7 Å². The maximum atomic E-state index is 13.3. The number of carboxylic acid groups (broad SMARTS) is 1. The summed E-state index contributed by atoms with van der Waals surface area (Å²) >= 11 is 2.54. The van der Waals surface area contributed by atoms with E-state index in [2.05, 4.69) is 31.4 Å². The van der Waals surface area contributed by atoms with Gasteiger partial charge >= 0.3 is 5.97 Å². The molecular formula is C26H34N2O4S2. The summed E-state index contributed by atoms with van der Waals surface area (Å²) in [6, 6.07) is 8.03. The highest BCUT2D eigenvalue weighted by Gasteiger charge is 2.35. The Morgan fingerprint density at radius 1 is 1.18 bits per heavy atom. The number of fused-ring (bicyclic) bond motifs is 1. The highest BCUT2D eigenvalue weighted by atomic mass is 32.2. The summed E-state index contributed by atoms with van der Waals surface area (Å²) in [5.74, 6) is -0.994. The fourth-order valence-electron chi connectivity index (χ4n) is 4.24. The van der Waals surface area contributed by atoms with E-state index >= 15 is 0 Å². The summed E-state index contributed by atoms with van der Waals surface area (Å²) in [6.45, 7) is 9.25. The van der Waals surface area contributed by atoms with Crippen LogP contribution in [-0.4, -0.2) is 34.4 Å². The van der Waals surface area contributed by atoms with E-state index in [1.54, 1.807) is 0 Å². The lowest BCUT2D eigenvalue weighted by Gasteiger charge is -2.36. The molecule has 3 N–H and O–H groups in total. The van der Waals surface area contributed by atoms with Crippen molar-refractivity contribution in [2.45, 2.75) is 59.9 Å². The Bertz CT molecular complexity index is 1040. The minimum Gasteiger partial charge on any atom is -0.481 e. The van der Waals surface area contributed by atoms with Crippen molar-refractivity contribution in [3.63, 3.8) is 0 Å². The van der Waals surface area contributed by atoms with E-state index in [9.17, 15) is 14.4 Å². The smallest absolute Gasteiger partial charge is 0.313 e. The van der Waals surface area contributed by atoms with Gasteiger partial charge in [-0.2, -0.15) is 0 Å². The number of carbonyl (C=O) groups is 3. The fraction of sp³-hybridized carbons (Fsp3) is 0.500. The quantitative estimate of drug-likeness (QED) is 0.411. The van der Waals surface area contributed by atoms with Crippen molar-refractivity contribution in [1.82, 2.24) is 5.32 Å². The first-order valence-electron chi connectivity index (χ1n) is 11.7. The number of anilines is 1. The predicted octanol–water partition coefficient (Wildman–Crippen LogP) is 5.28. The second-order valence-corrected chi connectivity index (χ2v) is 11.7. The van der Waals surface area contributed by atoms with Gasteiger partial charge in [0.2, 0.25) is 5.91 Å². The molecule has 1 heterocycles. The van der Waals surface area contributed by atoms with E-state index in [1.807, 2.05) is 31.2 Å². The second kappa shape index (κ2) is 11.4. The summed E-state index contributed by atoms with van der Waals surface area (Å²) in [5.41, 5.74) is 4.01. The van der Waals surface area contributed by atoms with Gasteiger partial charge in [-0.1, -0.05) is 57.0 Å². The molecule has 8 heteroatoms. The van der Waals surface area contributed by atoms with Gasteiger partial charge in [-0.15, -0.1) is 23.1 Å². The van der Waals surface area contributed by atoms with Crippen molar-refractivity contribution in [2.24, 2.45) is 11.3 Å². The first-order valence-corrected chi connectivity index (χ1v) is 13.7. The van der Waals surface area contributed by atoms with Crippen LogP contribution in [0.4, 0.5) is 5.00 Å². The molecule has 0 radical (unpaired) electrons. The number of thiophene rings is 1. The molecule has 3 rings (SSSR count). The predicted molar refractivity (Wildman–Crippen MR) is 140 cm³/mol. The Morgan fingerprint density at radius 2 is 1.88 bits per heavy atom. The SMILES string of the molecule is CCC(C)(C)[C@@H]1CCc2c(sc(NC(=O)CSCC(=O)O)c2C(=O)NCc2ccc(C)cc2)C1. The van der Waals surface area contributed by atoms with Gasteiger partial charge < -0.3 is 15.7 Å². The summed E-state index contributed by atoms with van der Waals surface area (Å²) in [6.07, 6.45) is 3.83. The lowest BCUT2D eigenvalue weighted by Crippen LogP contribution is -2.30. The number of carboxylic acids is 1. The first-order chi connectivity index (χ1) is 16.1. The number of thioether (sulfide) groups is 1. The van der Waals surface area contributed by atoms with Crippen molar-refractivity contribution < 1.29 is 19.5 Å². The van der Waals surface area contributed by atoms with Crippen LogP contribution in [0.2, 0.25) is 0 Å². The molecule has 0 unspecified atom stereocenters. The highest BCUT2D eigenvalue weighted by Crippen LogP contribution is 2.45. The molecule has 0 aliphatic heterocycles. The summed E-state index contributed by atoms with van der Waals surface area (Å²) < 4.78 is 0. The molecule has 2 aromatic rings. The molecule has 0 spiro atoms. The molecule has 184 valence electrons. The normalized spacial score (nSPS) is 15.5. The Labute approximate surface area is 209 Å². The molecule has 1 aromatic heterocycles. The Balaban J connectivity index is 1.81. The van der Waals surface area contributed by atoms with Crippen LogP contribution in [-0.2, 0) is 29.0 Å². The average Bonchev–Trinajstić information content (AvgIpc) is 3.15. The zero-order chi connectivity index (χ0) is 24.9. The van der Waals surface area contributed by atoms with Crippen molar-refractivity contribution in [2.75, 3.05) is 16.8 Å². The van der Waals surface area contributed by atoms with Gasteiger partial charge in [-0.25, -0.2) is 0 Å². The van der Waals surface area contributed by atoms with Crippen LogP contribution in [0.5, 0.6) is 0 Å². The number of aliphatic carboxylic acids is 1. The van der Waals surface area contributed by atoms with E-state index in [4.69, 9.17) is 5.11 Å². The number of hydrogen-bond acceptors (Lipinski definition) is 5. The number of aryl methyl sites for hydroxylation is 1. The van der Waals surface area contributed by atoms with E-state index < -0.39 is 5.97 Å². The topological polar surface area (TPSA) is 95.5 Å². The number of carbonyl (C=O) groups excluding carboxylic acids is 2. The Kier molecular flexibility index (Phi) is 8.82. The van der Waals surface area contributed by atoms with Crippen LogP contribution < -0.4 is 10.6 Å². The molecule has 6 nitrogen and oxygen atoms in total. The molecule has 1 aromatic carbocycles. The van der Waals surface area contributed by atoms with Gasteiger partial charge in [0.25, 0.3) is 5.91 Å². The van der Waals surface area contributed by atoms with E-state index in [1.165, 1.54) is 16.2 Å². The van der Waals surface area contributed by atoms with Crippen molar-refractivity contribution >= 4 is 45.9 Å². The van der Waals surface area contributed by atoms with Crippen LogP contribution in [0.3, 0.4) is 0 Å². The molecule has 2 amide bonds. The lowest BCUT2D eigenvalue weighted by molar-refractivity contribution is -0.133. The Hall–Kier alpha value is -2.32. The molecule has 34 heavy (non-hydrogen) atoms. The van der Waals surface area contributed by atoms with Crippen molar-refractivity contribution in [1.29, 1.82) is 0 Å². The number of nitrogens with one attached hydrogen (secondary N) is 2. The highest BCUT2D eigenvalue weighted by molar-refractivity contribution is 8.00. The van der Waals surface area contributed by atoms with Crippen LogP contribution in [0, 0.1) is 18.3 Å².